The van der Waals surface area contributed by atoms with Crippen LogP contribution in [0.3, 0.4) is 0 Å². The van der Waals surface area contributed by atoms with E-state index < -0.39 is 0 Å². The lowest BCUT2D eigenvalue weighted by molar-refractivity contribution is 0.464. The van der Waals surface area contributed by atoms with Crippen LogP contribution in [0, 0.1) is 0 Å². The highest BCUT2D eigenvalue weighted by molar-refractivity contribution is 5.68. The minimum atomic E-state index is 0.354. The molecule has 2 N–H and O–H groups in total. The first-order valence-corrected chi connectivity index (χ1v) is 9.46. The van der Waals surface area contributed by atoms with Gasteiger partial charge in [-0.05, 0) is 23.3 Å². The fourth-order valence-corrected chi connectivity index (χ4v) is 3.12. The molecule has 4 rings (SSSR count). The van der Waals surface area contributed by atoms with E-state index in [1.54, 1.807) is 0 Å². The van der Waals surface area contributed by atoms with Gasteiger partial charge in [0.2, 0.25) is 5.88 Å². The molecule has 29 heavy (non-hydrogen) atoms. The van der Waals surface area contributed by atoms with E-state index in [-0.39, 0.29) is 0 Å². The van der Waals surface area contributed by atoms with Gasteiger partial charge in [-0.25, -0.2) is 4.98 Å². The molecule has 0 fully saturated rings. The number of ether oxygens (including phenoxy) is 1. The Hall–Kier alpha value is -3.86. The minimum Gasteiger partial charge on any atom is -0.437 e. The molecule has 0 spiro atoms. The largest absolute Gasteiger partial charge is 0.437 e. The van der Waals surface area contributed by atoms with Crippen LogP contribution >= 0.6 is 0 Å². The molecule has 5 heteroatoms. The van der Waals surface area contributed by atoms with Crippen LogP contribution in [-0.2, 0) is 13.1 Å². The van der Waals surface area contributed by atoms with E-state index in [1.807, 2.05) is 66.7 Å². The number of anilines is 2. The fourth-order valence-electron chi connectivity index (χ4n) is 3.12. The summed E-state index contributed by atoms with van der Waals surface area (Å²) in [7, 11) is 0. The number of nitrogen functional groups attached to an aromatic ring is 1. The average Bonchev–Trinajstić information content (AvgIpc) is 2.77. The molecule has 1 aromatic heterocycles. The summed E-state index contributed by atoms with van der Waals surface area (Å²) >= 11 is 0. The monoisotopic (exact) mass is 382 g/mol. The van der Waals surface area contributed by atoms with Crippen molar-refractivity contribution >= 4 is 11.5 Å². The van der Waals surface area contributed by atoms with E-state index in [0.717, 1.165) is 0 Å². The molecular formula is C24H22N4O. The van der Waals surface area contributed by atoms with Gasteiger partial charge >= 0.3 is 0 Å². The Morgan fingerprint density at radius 3 is 1.76 bits per heavy atom. The number of para-hydroxylation sites is 1. The van der Waals surface area contributed by atoms with Gasteiger partial charge in [-0.15, -0.1) is 0 Å². The zero-order valence-electron chi connectivity index (χ0n) is 16.0. The smallest absolute Gasteiger partial charge is 0.248 e. The highest BCUT2D eigenvalue weighted by atomic mass is 16.5. The van der Waals surface area contributed by atoms with Crippen molar-refractivity contribution in [3.63, 3.8) is 0 Å². The SMILES string of the molecule is Nc1c(Oc2ccccc2)ncnc1N(Cc1ccccc1)Cc1ccccc1. The van der Waals surface area contributed by atoms with Gasteiger partial charge in [0, 0.05) is 13.1 Å². The fraction of sp³-hybridized carbons (Fsp3) is 0.0833. The van der Waals surface area contributed by atoms with Crippen LogP contribution < -0.4 is 15.4 Å². The summed E-state index contributed by atoms with van der Waals surface area (Å²) in [6.45, 7) is 1.34. The van der Waals surface area contributed by atoms with Crippen molar-refractivity contribution in [2.75, 3.05) is 10.6 Å². The summed E-state index contributed by atoms with van der Waals surface area (Å²) < 4.78 is 5.90. The summed E-state index contributed by atoms with van der Waals surface area (Å²) in [5, 5.41) is 0. The minimum absolute atomic E-state index is 0.354. The molecule has 0 amide bonds. The molecule has 0 saturated heterocycles. The zero-order chi connectivity index (χ0) is 19.9. The second kappa shape index (κ2) is 8.89. The molecule has 0 aliphatic rings. The number of nitrogens with two attached hydrogens (primary N) is 1. The number of benzene rings is 3. The van der Waals surface area contributed by atoms with Crippen molar-refractivity contribution < 1.29 is 4.74 Å². The van der Waals surface area contributed by atoms with Gasteiger partial charge < -0.3 is 15.4 Å². The van der Waals surface area contributed by atoms with Crippen molar-refractivity contribution in [3.8, 4) is 11.6 Å². The molecule has 0 unspecified atom stereocenters. The summed E-state index contributed by atoms with van der Waals surface area (Å²) in [5.41, 5.74) is 9.21. The number of aromatic nitrogens is 2. The van der Waals surface area contributed by atoms with Gasteiger partial charge in [0.25, 0.3) is 0 Å². The molecule has 0 aliphatic heterocycles. The van der Waals surface area contributed by atoms with E-state index >= 15 is 0 Å². The Labute approximate surface area is 170 Å². The first-order chi connectivity index (χ1) is 14.3. The Balaban J connectivity index is 1.67. The van der Waals surface area contributed by atoms with Crippen molar-refractivity contribution in [1.82, 2.24) is 9.97 Å². The summed E-state index contributed by atoms with van der Waals surface area (Å²) in [6, 6.07) is 30.0. The van der Waals surface area contributed by atoms with Gasteiger partial charge in [-0.3, -0.25) is 0 Å². The maximum Gasteiger partial charge on any atom is 0.248 e. The zero-order valence-corrected chi connectivity index (χ0v) is 16.0. The summed E-state index contributed by atoms with van der Waals surface area (Å²) in [4.78, 5) is 10.9. The van der Waals surface area contributed by atoms with Crippen LogP contribution in [0.5, 0.6) is 11.6 Å². The van der Waals surface area contributed by atoms with Crippen LogP contribution in [0.4, 0.5) is 11.5 Å². The number of hydrogen-bond donors (Lipinski definition) is 1. The Morgan fingerprint density at radius 1 is 0.690 bits per heavy atom. The van der Waals surface area contributed by atoms with E-state index in [1.165, 1.54) is 17.5 Å². The summed E-state index contributed by atoms with van der Waals surface area (Å²) in [6.07, 6.45) is 1.49. The van der Waals surface area contributed by atoms with Crippen molar-refractivity contribution in [2.24, 2.45) is 0 Å². The van der Waals surface area contributed by atoms with Crippen molar-refractivity contribution in [3.05, 3.63) is 108 Å². The van der Waals surface area contributed by atoms with Crippen LogP contribution in [0.15, 0.2) is 97.3 Å². The quantitative estimate of drug-likeness (QED) is 0.484. The standard InChI is InChI=1S/C24H22N4O/c25-22-23(26-18-27-24(22)29-21-14-8-3-9-15-21)28(16-19-10-4-1-5-11-19)17-20-12-6-2-7-13-20/h1-15,18H,16-17,25H2. The number of hydrogen-bond acceptors (Lipinski definition) is 5. The van der Waals surface area contributed by atoms with Gasteiger partial charge in [-0.2, -0.15) is 4.98 Å². The molecule has 0 aliphatic carbocycles. The van der Waals surface area contributed by atoms with Gasteiger partial charge in [0.15, 0.2) is 5.82 Å². The molecule has 0 bridgehead atoms. The van der Waals surface area contributed by atoms with E-state index in [0.29, 0.717) is 36.2 Å². The lowest BCUT2D eigenvalue weighted by atomic mass is 10.1. The maximum atomic E-state index is 6.45. The molecule has 5 nitrogen and oxygen atoms in total. The Morgan fingerprint density at radius 2 is 1.21 bits per heavy atom. The van der Waals surface area contributed by atoms with Gasteiger partial charge in [0.05, 0.1) is 0 Å². The second-order valence-electron chi connectivity index (χ2n) is 6.66. The van der Waals surface area contributed by atoms with Crippen LogP contribution in [0.2, 0.25) is 0 Å². The van der Waals surface area contributed by atoms with Gasteiger partial charge in [-0.1, -0.05) is 78.9 Å². The molecule has 0 saturated carbocycles. The molecule has 0 radical (unpaired) electrons. The van der Waals surface area contributed by atoms with E-state index in [4.69, 9.17) is 10.5 Å². The lowest BCUT2D eigenvalue weighted by Gasteiger charge is -2.25. The molecular weight excluding hydrogens is 360 g/mol. The first kappa shape index (κ1) is 18.5. The van der Waals surface area contributed by atoms with Crippen LogP contribution in [0.25, 0.3) is 0 Å². The maximum absolute atomic E-state index is 6.45. The lowest BCUT2D eigenvalue weighted by Crippen LogP contribution is -2.24. The number of rotatable bonds is 7. The number of nitrogens with zero attached hydrogens (tertiary/aromatic N) is 3. The third-order valence-corrected chi connectivity index (χ3v) is 4.52. The second-order valence-corrected chi connectivity index (χ2v) is 6.66. The topological polar surface area (TPSA) is 64.3 Å². The Bertz CT molecular complexity index is 999. The van der Waals surface area contributed by atoms with E-state index in [9.17, 15) is 0 Å². The highest BCUT2D eigenvalue weighted by Gasteiger charge is 2.17. The van der Waals surface area contributed by atoms with E-state index in [2.05, 4.69) is 39.1 Å². The Kier molecular flexibility index (Phi) is 5.67. The van der Waals surface area contributed by atoms with Gasteiger partial charge in [0.1, 0.15) is 17.8 Å². The highest BCUT2D eigenvalue weighted by Crippen LogP contribution is 2.32. The molecule has 0 atom stereocenters. The van der Waals surface area contributed by atoms with Crippen LogP contribution in [0.1, 0.15) is 11.1 Å². The summed E-state index contributed by atoms with van der Waals surface area (Å²) in [5.74, 6) is 1.69. The third kappa shape index (κ3) is 4.71. The average molecular weight is 382 g/mol. The molecule has 144 valence electrons. The predicted octanol–water partition coefficient (Wildman–Crippen LogP) is 5.06. The normalized spacial score (nSPS) is 10.5. The van der Waals surface area contributed by atoms with Crippen molar-refractivity contribution in [2.45, 2.75) is 13.1 Å². The van der Waals surface area contributed by atoms with Crippen molar-refractivity contribution in [1.29, 1.82) is 0 Å². The molecule has 4 aromatic rings. The molecule has 1 heterocycles. The first-order valence-electron chi connectivity index (χ1n) is 9.46. The predicted molar refractivity (Wildman–Crippen MR) is 116 cm³/mol. The third-order valence-electron chi connectivity index (χ3n) is 4.52. The molecule has 3 aromatic carbocycles. The van der Waals surface area contributed by atoms with Crippen LogP contribution in [-0.4, -0.2) is 9.97 Å².